The van der Waals surface area contributed by atoms with Gasteiger partial charge in [-0.15, -0.1) is 0 Å². The molecule has 1 aromatic carbocycles. The molecule has 1 amide bonds. The van der Waals surface area contributed by atoms with Gasteiger partial charge >= 0.3 is 0 Å². The van der Waals surface area contributed by atoms with Crippen LogP contribution >= 0.6 is 0 Å². The third-order valence-electron chi connectivity index (χ3n) is 5.76. The van der Waals surface area contributed by atoms with Gasteiger partial charge in [0.1, 0.15) is 17.1 Å². The number of benzene rings is 1. The number of aryl methyl sites for hydroxylation is 3. The minimum absolute atomic E-state index is 0.0347. The number of amides is 1. The molecule has 0 radical (unpaired) electrons. The molecule has 4 rings (SSSR count). The number of furan rings is 1. The van der Waals surface area contributed by atoms with Crippen molar-refractivity contribution in [2.45, 2.75) is 46.1 Å². The van der Waals surface area contributed by atoms with E-state index in [1.165, 1.54) is 12.5 Å². The average molecular weight is 408 g/mol. The van der Waals surface area contributed by atoms with Crippen LogP contribution in [0.4, 0.5) is 0 Å². The Morgan fingerprint density at radius 1 is 1.07 bits per heavy atom. The van der Waals surface area contributed by atoms with Crippen molar-refractivity contribution < 1.29 is 13.6 Å². The van der Waals surface area contributed by atoms with E-state index in [0.29, 0.717) is 17.5 Å². The SMILES string of the molecule is Cc1cc(C)c2oc(C(=O)NC[C@H](c3ccc(C)o3)N3CCCCC3)cc(=O)c2c1. The van der Waals surface area contributed by atoms with Gasteiger partial charge in [0.2, 0.25) is 0 Å². The van der Waals surface area contributed by atoms with Crippen molar-refractivity contribution in [2.24, 2.45) is 0 Å². The number of nitrogens with zero attached hydrogens (tertiary/aromatic N) is 1. The fourth-order valence-electron chi connectivity index (χ4n) is 4.27. The summed E-state index contributed by atoms with van der Waals surface area (Å²) in [7, 11) is 0. The predicted molar refractivity (Wildman–Crippen MR) is 116 cm³/mol. The summed E-state index contributed by atoms with van der Waals surface area (Å²) in [5.41, 5.74) is 2.09. The van der Waals surface area contributed by atoms with Crippen LogP contribution in [0.25, 0.3) is 11.0 Å². The lowest BCUT2D eigenvalue weighted by molar-refractivity contribution is 0.0887. The summed E-state index contributed by atoms with van der Waals surface area (Å²) in [5.74, 6) is 1.34. The van der Waals surface area contributed by atoms with Crippen molar-refractivity contribution in [3.63, 3.8) is 0 Å². The molecule has 1 atom stereocenters. The van der Waals surface area contributed by atoms with Crippen molar-refractivity contribution in [3.05, 3.63) is 69.0 Å². The molecule has 6 heteroatoms. The highest BCUT2D eigenvalue weighted by molar-refractivity contribution is 5.93. The molecule has 1 fully saturated rings. The first-order chi connectivity index (χ1) is 14.4. The van der Waals surface area contributed by atoms with E-state index < -0.39 is 0 Å². The summed E-state index contributed by atoms with van der Waals surface area (Å²) in [4.78, 5) is 27.8. The highest BCUT2D eigenvalue weighted by atomic mass is 16.3. The quantitative estimate of drug-likeness (QED) is 0.682. The topological polar surface area (TPSA) is 75.7 Å². The lowest BCUT2D eigenvalue weighted by Crippen LogP contribution is -2.40. The molecule has 3 aromatic rings. The molecular formula is C24H28N2O4. The third kappa shape index (κ3) is 4.19. The molecule has 0 bridgehead atoms. The number of nitrogens with one attached hydrogen (secondary N) is 1. The van der Waals surface area contributed by atoms with Gasteiger partial charge in [-0.25, -0.2) is 0 Å². The number of likely N-dealkylation sites (tertiary alicyclic amines) is 1. The van der Waals surface area contributed by atoms with Crippen molar-refractivity contribution in [2.75, 3.05) is 19.6 Å². The molecule has 0 unspecified atom stereocenters. The largest absolute Gasteiger partial charge is 0.465 e. The van der Waals surface area contributed by atoms with Crippen LogP contribution in [0.2, 0.25) is 0 Å². The Labute approximate surface area is 175 Å². The van der Waals surface area contributed by atoms with E-state index in [1.54, 1.807) is 6.07 Å². The van der Waals surface area contributed by atoms with Crippen LogP contribution in [0.15, 0.2) is 44.0 Å². The van der Waals surface area contributed by atoms with E-state index in [0.717, 1.165) is 48.6 Å². The fourth-order valence-corrected chi connectivity index (χ4v) is 4.27. The number of piperidine rings is 1. The maximum Gasteiger partial charge on any atom is 0.287 e. The number of carbonyl (C=O) groups is 1. The van der Waals surface area contributed by atoms with Crippen LogP contribution in [0.5, 0.6) is 0 Å². The van der Waals surface area contributed by atoms with Gasteiger partial charge in [0.25, 0.3) is 5.91 Å². The first-order valence-corrected chi connectivity index (χ1v) is 10.6. The van der Waals surface area contributed by atoms with Gasteiger partial charge in [-0.05, 0) is 76.0 Å². The molecule has 1 aliphatic rings. The summed E-state index contributed by atoms with van der Waals surface area (Å²) in [6.07, 6.45) is 3.51. The van der Waals surface area contributed by atoms with E-state index in [4.69, 9.17) is 8.83 Å². The van der Waals surface area contributed by atoms with Gasteiger partial charge in [0.15, 0.2) is 11.2 Å². The molecule has 2 aromatic heterocycles. The number of carbonyl (C=O) groups excluding carboxylic acids is 1. The van der Waals surface area contributed by atoms with Gasteiger partial charge in [-0.3, -0.25) is 14.5 Å². The zero-order chi connectivity index (χ0) is 21.3. The standard InChI is InChI=1S/C24H28N2O4/c1-15-11-16(2)23-18(12-15)20(27)13-22(30-23)24(28)25-14-19(21-8-7-17(3)29-21)26-9-5-4-6-10-26/h7-8,11-13,19H,4-6,9-10,14H2,1-3H3,(H,25,28)/t19-/m1/s1. The van der Waals surface area contributed by atoms with Gasteiger partial charge in [-0.1, -0.05) is 12.5 Å². The summed E-state index contributed by atoms with van der Waals surface area (Å²) < 4.78 is 11.7. The summed E-state index contributed by atoms with van der Waals surface area (Å²) in [6.45, 7) is 8.08. The monoisotopic (exact) mass is 408 g/mol. The molecule has 0 spiro atoms. The van der Waals surface area contributed by atoms with Crippen LogP contribution in [0, 0.1) is 20.8 Å². The Morgan fingerprint density at radius 2 is 1.83 bits per heavy atom. The molecule has 6 nitrogen and oxygen atoms in total. The molecule has 1 aliphatic heterocycles. The smallest absolute Gasteiger partial charge is 0.287 e. The second kappa shape index (κ2) is 8.48. The van der Waals surface area contributed by atoms with Crippen LogP contribution < -0.4 is 10.7 Å². The van der Waals surface area contributed by atoms with Crippen LogP contribution in [0.1, 0.15) is 58.5 Å². The van der Waals surface area contributed by atoms with Crippen molar-refractivity contribution >= 4 is 16.9 Å². The molecule has 1 saturated heterocycles. The Hall–Kier alpha value is -2.86. The van der Waals surface area contributed by atoms with Crippen LogP contribution in [0.3, 0.4) is 0 Å². The second-order valence-electron chi connectivity index (χ2n) is 8.20. The van der Waals surface area contributed by atoms with E-state index in [2.05, 4.69) is 10.2 Å². The fraction of sp³-hybridized carbons (Fsp3) is 0.417. The highest BCUT2D eigenvalue weighted by Gasteiger charge is 2.26. The van der Waals surface area contributed by atoms with E-state index in [9.17, 15) is 9.59 Å². The lowest BCUT2D eigenvalue weighted by atomic mass is 10.1. The Bertz CT molecular complexity index is 1120. The van der Waals surface area contributed by atoms with Gasteiger partial charge < -0.3 is 14.2 Å². The second-order valence-corrected chi connectivity index (χ2v) is 8.20. The van der Waals surface area contributed by atoms with Gasteiger partial charge in [0, 0.05) is 12.6 Å². The molecule has 0 aliphatic carbocycles. The van der Waals surface area contributed by atoms with Gasteiger partial charge in [-0.2, -0.15) is 0 Å². The van der Waals surface area contributed by atoms with Crippen molar-refractivity contribution in [1.82, 2.24) is 10.2 Å². The molecule has 3 heterocycles. The molecule has 1 N–H and O–H groups in total. The third-order valence-corrected chi connectivity index (χ3v) is 5.76. The maximum atomic E-state index is 12.8. The first kappa shape index (κ1) is 20.4. The Morgan fingerprint density at radius 3 is 2.53 bits per heavy atom. The zero-order valence-corrected chi connectivity index (χ0v) is 17.8. The molecule has 30 heavy (non-hydrogen) atoms. The first-order valence-electron chi connectivity index (χ1n) is 10.6. The summed E-state index contributed by atoms with van der Waals surface area (Å²) >= 11 is 0. The van der Waals surface area contributed by atoms with E-state index in [-0.39, 0.29) is 23.1 Å². The van der Waals surface area contributed by atoms with Crippen LogP contribution in [-0.4, -0.2) is 30.4 Å². The number of hydrogen-bond acceptors (Lipinski definition) is 5. The Kier molecular flexibility index (Phi) is 5.77. The van der Waals surface area contributed by atoms with Gasteiger partial charge in [0.05, 0.1) is 11.4 Å². The zero-order valence-electron chi connectivity index (χ0n) is 17.8. The minimum atomic E-state index is -0.390. The van der Waals surface area contributed by atoms with E-state index in [1.807, 2.05) is 39.0 Å². The summed E-state index contributed by atoms with van der Waals surface area (Å²) in [6, 6.07) is 8.90. The Balaban J connectivity index is 1.57. The highest BCUT2D eigenvalue weighted by Crippen LogP contribution is 2.26. The number of hydrogen-bond donors (Lipinski definition) is 1. The number of fused-ring (bicyclic) bond motifs is 1. The normalized spacial score (nSPS) is 16.0. The number of rotatable bonds is 5. The predicted octanol–water partition coefficient (Wildman–Crippen LogP) is 4.27. The average Bonchev–Trinajstić information content (AvgIpc) is 3.15. The molecule has 0 saturated carbocycles. The molecule has 158 valence electrons. The van der Waals surface area contributed by atoms with E-state index >= 15 is 0 Å². The molecular weight excluding hydrogens is 380 g/mol. The van der Waals surface area contributed by atoms with Crippen molar-refractivity contribution in [1.29, 1.82) is 0 Å². The van der Waals surface area contributed by atoms with Crippen molar-refractivity contribution in [3.8, 4) is 0 Å². The lowest BCUT2D eigenvalue weighted by Gasteiger charge is -2.33. The summed E-state index contributed by atoms with van der Waals surface area (Å²) in [5, 5.41) is 3.45. The minimum Gasteiger partial charge on any atom is -0.465 e. The maximum absolute atomic E-state index is 12.8. The van der Waals surface area contributed by atoms with Crippen LogP contribution in [-0.2, 0) is 0 Å².